The SMILES string of the molecule is CCN(C1CCCNC1)C1CCCCC1C. The summed E-state index contributed by atoms with van der Waals surface area (Å²) >= 11 is 0. The van der Waals surface area contributed by atoms with Gasteiger partial charge in [-0.2, -0.15) is 0 Å². The molecule has 16 heavy (non-hydrogen) atoms. The Morgan fingerprint density at radius 3 is 2.56 bits per heavy atom. The van der Waals surface area contributed by atoms with Crippen LogP contribution in [0.2, 0.25) is 0 Å². The van der Waals surface area contributed by atoms with Gasteiger partial charge in [-0.3, -0.25) is 4.90 Å². The highest BCUT2D eigenvalue weighted by Gasteiger charge is 2.31. The zero-order valence-electron chi connectivity index (χ0n) is 11.0. The molecule has 1 N–H and O–H groups in total. The average molecular weight is 224 g/mol. The molecular weight excluding hydrogens is 196 g/mol. The normalized spacial score (nSPS) is 36.6. The molecule has 0 amide bonds. The molecule has 1 aliphatic heterocycles. The number of likely N-dealkylation sites (N-methyl/N-ethyl adjacent to an activating group) is 1. The summed E-state index contributed by atoms with van der Waals surface area (Å²) in [7, 11) is 0. The van der Waals surface area contributed by atoms with Crippen LogP contribution >= 0.6 is 0 Å². The fourth-order valence-corrected chi connectivity index (χ4v) is 3.67. The summed E-state index contributed by atoms with van der Waals surface area (Å²) in [6, 6.07) is 1.67. The summed E-state index contributed by atoms with van der Waals surface area (Å²) in [5.74, 6) is 0.913. The number of rotatable bonds is 3. The predicted molar refractivity (Wildman–Crippen MR) is 69.7 cm³/mol. The Kier molecular flexibility index (Phi) is 4.66. The summed E-state index contributed by atoms with van der Waals surface area (Å²) in [5, 5.41) is 3.56. The van der Waals surface area contributed by atoms with Gasteiger partial charge in [0.25, 0.3) is 0 Å². The molecule has 94 valence electrons. The Labute approximate surface area is 101 Å². The van der Waals surface area contributed by atoms with Gasteiger partial charge < -0.3 is 5.32 Å². The van der Waals surface area contributed by atoms with Gasteiger partial charge in [-0.1, -0.05) is 26.7 Å². The molecule has 1 saturated carbocycles. The minimum atomic E-state index is 0.810. The maximum atomic E-state index is 3.56. The molecule has 3 atom stereocenters. The first-order chi connectivity index (χ1) is 7.83. The first kappa shape index (κ1) is 12.4. The number of nitrogens with one attached hydrogen (secondary N) is 1. The van der Waals surface area contributed by atoms with Crippen molar-refractivity contribution in [2.75, 3.05) is 19.6 Å². The van der Waals surface area contributed by atoms with Crippen LogP contribution in [0.15, 0.2) is 0 Å². The van der Waals surface area contributed by atoms with Crippen LogP contribution in [-0.4, -0.2) is 36.6 Å². The van der Waals surface area contributed by atoms with Crippen molar-refractivity contribution >= 4 is 0 Å². The lowest BCUT2D eigenvalue weighted by Gasteiger charge is -2.44. The van der Waals surface area contributed by atoms with Gasteiger partial charge in [0.2, 0.25) is 0 Å². The van der Waals surface area contributed by atoms with Gasteiger partial charge in [-0.15, -0.1) is 0 Å². The topological polar surface area (TPSA) is 15.3 Å². The van der Waals surface area contributed by atoms with E-state index < -0.39 is 0 Å². The number of hydrogen-bond acceptors (Lipinski definition) is 2. The maximum Gasteiger partial charge on any atom is 0.0224 e. The van der Waals surface area contributed by atoms with Crippen LogP contribution < -0.4 is 5.32 Å². The second-order valence-corrected chi connectivity index (χ2v) is 5.66. The Morgan fingerprint density at radius 1 is 1.12 bits per heavy atom. The maximum absolute atomic E-state index is 3.56. The minimum absolute atomic E-state index is 0.810. The highest BCUT2D eigenvalue weighted by molar-refractivity contribution is 4.87. The second kappa shape index (κ2) is 6.02. The van der Waals surface area contributed by atoms with Crippen LogP contribution in [0.4, 0.5) is 0 Å². The third-order valence-corrected chi connectivity index (χ3v) is 4.60. The van der Waals surface area contributed by atoms with Gasteiger partial charge in [-0.05, 0) is 44.7 Å². The fraction of sp³-hybridized carbons (Fsp3) is 1.00. The predicted octanol–water partition coefficient (Wildman–Crippen LogP) is 2.64. The Bertz CT molecular complexity index is 199. The highest BCUT2D eigenvalue weighted by atomic mass is 15.2. The van der Waals surface area contributed by atoms with E-state index in [9.17, 15) is 0 Å². The summed E-state index contributed by atoms with van der Waals surface area (Å²) in [6.07, 6.45) is 8.56. The van der Waals surface area contributed by atoms with Crippen molar-refractivity contribution in [3.05, 3.63) is 0 Å². The van der Waals surface area contributed by atoms with Crippen molar-refractivity contribution in [3.8, 4) is 0 Å². The van der Waals surface area contributed by atoms with E-state index in [1.54, 1.807) is 0 Å². The first-order valence-corrected chi connectivity index (χ1v) is 7.29. The van der Waals surface area contributed by atoms with Gasteiger partial charge in [0.1, 0.15) is 0 Å². The first-order valence-electron chi connectivity index (χ1n) is 7.29. The van der Waals surface area contributed by atoms with Gasteiger partial charge in [0.15, 0.2) is 0 Å². The molecule has 2 fully saturated rings. The van der Waals surface area contributed by atoms with E-state index >= 15 is 0 Å². The summed E-state index contributed by atoms with van der Waals surface area (Å²) in [5.41, 5.74) is 0. The van der Waals surface area contributed by atoms with E-state index in [0.717, 1.165) is 18.0 Å². The quantitative estimate of drug-likeness (QED) is 0.793. The van der Waals surface area contributed by atoms with Gasteiger partial charge in [0, 0.05) is 18.6 Å². The minimum Gasteiger partial charge on any atom is -0.315 e. The standard InChI is InChI=1S/C14H28N2/c1-3-16(13-8-6-10-15-11-13)14-9-5-4-7-12(14)2/h12-15H,3-11H2,1-2H3. The molecule has 0 aromatic rings. The van der Waals surface area contributed by atoms with Crippen LogP contribution in [0.3, 0.4) is 0 Å². The molecule has 1 saturated heterocycles. The number of piperidine rings is 1. The molecular formula is C14H28N2. The van der Waals surface area contributed by atoms with Crippen molar-refractivity contribution in [1.82, 2.24) is 10.2 Å². The van der Waals surface area contributed by atoms with E-state index in [0.29, 0.717) is 0 Å². The molecule has 1 aliphatic carbocycles. The fourth-order valence-electron chi connectivity index (χ4n) is 3.67. The summed E-state index contributed by atoms with van der Waals surface area (Å²) in [6.45, 7) is 8.49. The van der Waals surface area contributed by atoms with Crippen molar-refractivity contribution < 1.29 is 0 Å². The largest absolute Gasteiger partial charge is 0.315 e. The molecule has 2 aliphatic rings. The molecule has 0 radical (unpaired) electrons. The van der Waals surface area contributed by atoms with E-state index in [1.165, 1.54) is 58.2 Å². The Morgan fingerprint density at radius 2 is 1.94 bits per heavy atom. The molecule has 3 unspecified atom stereocenters. The lowest BCUT2D eigenvalue weighted by Crippen LogP contribution is -2.52. The smallest absolute Gasteiger partial charge is 0.0224 e. The molecule has 2 heteroatoms. The van der Waals surface area contributed by atoms with Crippen LogP contribution in [0, 0.1) is 5.92 Å². The lowest BCUT2D eigenvalue weighted by molar-refractivity contribution is 0.0623. The second-order valence-electron chi connectivity index (χ2n) is 5.66. The van der Waals surface area contributed by atoms with Gasteiger partial charge in [-0.25, -0.2) is 0 Å². The molecule has 2 nitrogen and oxygen atoms in total. The molecule has 0 spiro atoms. The lowest BCUT2D eigenvalue weighted by atomic mass is 9.83. The van der Waals surface area contributed by atoms with E-state index in [4.69, 9.17) is 0 Å². The van der Waals surface area contributed by atoms with Crippen LogP contribution in [0.1, 0.15) is 52.4 Å². The summed E-state index contributed by atoms with van der Waals surface area (Å²) in [4.78, 5) is 2.80. The van der Waals surface area contributed by atoms with Crippen molar-refractivity contribution in [3.63, 3.8) is 0 Å². The van der Waals surface area contributed by atoms with E-state index in [1.807, 2.05) is 0 Å². The molecule has 0 bridgehead atoms. The van der Waals surface area contributed by atoms with Gasteiger partial charge in [0.05, 0.1) is 0 Å². The molecule has 0 aromatic carbocycles. The van der Waals surface area contributed by atoms with Crippen LogP contribution in [0.5, 0.6) is 0 Å². The zero-order valence-corrected chi connectivity index (χ0v) is 11.0. The monoisotopic (exact) mass is 224 g/mol. The van der Waals surface area contributed by atoms with E-state index in [2.05, 4.69) is 24.1 Å². The number of hydrogen-bond donors (Lipinski definition) is 1. The van der Waals surface area contributed by atoms with Crippen molar-refractivity contribution in [2.45, 2.75) is 64.5 Å². The molecule has 0 aromatic heterocycles. The zero-order chi connectivity index (χ0) is 11.4. The summed E-state index contributed by atoms with van der Waals surface area (Å²) < 4.78 is 0. The Hall–Kier alpha value is -0.0800. The Balaban J connectivity index is 1.96. The van der Waals surface area contributed by atoms with E-state index in [-0.39, 0.29) is 0 Å². The number of nitrogens with zero attached hydrogens (tertiary/aromatic N) is 1. The highest BCUT2D eigenvalue weighted by Crippen LogP contribution is 2.30. The van der Waals surface area contributed by atoms with Crippen molar-refractivity contribution in [1.29, 1.82) is 0 Å². The van der Waals surface area contributed by atoms with Crippen molar-refractivity contribution in [2.24, 2.45) is 5.92 Å². The van der Waals surface area contributed by atoms with Gasteiger partial charge >= 0.3 is 0 Å². The van der Waals surface area contributed by atoms with Crippen LogP contribution in [-0.2, 0) is 0 Å². The molecule has 1 heterocycles. The third-order valence-electron chi connectivity index (χ3n) is 4.60. The van der Waals surface area contributed by atoms with Crippen LogP contribution in [0.25, 0.3) is 0 Å². The molecule has 2 rings (SSSR count). The third kappa shape index (κ3) is 2.78. The average Bonchev–Trinajstić information content (AvgIpc) is 2.34.